The van der Waals surface area contributed by atoms with Crippen LogP contribution >= 0.6 is 0 Å². The topological polar surface area (TPSA) is 154 Å². The number of unbranched alkanes of at least 4 members (excludes halogenated alkanes) is 16. The van der Waals surface area contributed by atoms with Gasteiger partial charge in [-0.15, -0.1) is 0 Å². The Kier molecular flexibility index (Phi) is 29.2. The van der Waals surface area contributed by atoms with E-state index in [1.807, 2.05) is 0 Å². The fourth-order valence-electron chi connectivity index (χ4n) is 5.28. The smallest absolute Gasteiger partial charge is 0.306 e. The van der Waals surface area contributed by atoms with Gasteiger partial charge in [0.1, 0.15) is 12.2 Å². The predicted molar refractivity (Wildman–Crippen MR) is 177 cm³/mol. The Morgan fingerprint density at radius 1 is 0.435 bits per heavy atom. The van der Waals surface area contributed by atoms with Crippen molar-refractivity contribution in [1.82, 2.24) is 0 Å². The van der Waals surface area contributed by atoms with Gasteiger partial charge in [0.05, 0.1) is 32.3 Å². The molecule has 46 heavy (non-hydrogen) atoms. The van der Waals surface area contributed by atoms with Crippen LogP contribution in [0.3, 0.4) is 0 Å². The van der Waals surface area contributed by atoms with Gasteiger partial charge in [-0.2, -0.15) is 0 Å². The molecule has 0 bridgehead atoms. The summed E-state index contributed by atoms with van der Waals surface area (Å²) in [7, 11) is 0. The Morgan fingerprint density at radius 2 is 0.804 bits per heavy atom. The molecule has 2 unspecified atom stereocenters. The molecule has 0 rings (SSSR count). The van der Waals surface area contributed by atoms with Crippen molar-refractivity contribution in [3.8, 4) is 0 Å². The summed E-state index contributed by atoms with van der Waals surface area (Å²) in [5, 5.41) is 17.9. The quantitative estimate of drug-likeness (QED) is 0.0398. The van der Waals surface area contributed by atoms with Crippen LogP contribution in [0.5, 0.6) is 0 Å². The van der Waals surface area contributed by atoms with Crippen LogP contribution in [0, 0.1) is 0 Å². The number of aliphatic carboxylic acids is 2. The van der Waals surface area contributed by atoms with Gasteiger partial charge in [0, 0.05) is 6.42 Å². The zero-order valence-electron chi connectivity index (χ0n) is 28.9. The molecule has 2 atom stereocenters. The lowest BCUT2D eigenvalue weighted by Gasteiger charge is -2.27. The first-order valence-electron chi connectivity index (χ1n) is 18.2. The van der Waals surface area contributed by atoms with Crippen LogP contribution in [0.1, 0.15) is 181 Å². The number of esters is 3. The highest BCUT2D eigenvalue weighted by molar-refractivity contribution is 5.77. The van der Waals surface area contributed by atoms with Crippen molar-refractivity contribution in [3.05, 3.63) is 0 Å². The fourth-order valence-corrected chi connectivity index (χ4v) is 5.28. The number of hydrogen-bond acceptors (Lipinski definition) is 8. The van der Waals surface area contributed by atoms with E-state index in [0.717, 1.165) is 77.0 Å². The number of carbonyl (C=O) groups excluding carboxylic acids is 3. The molecule has 10 heteroatoms. The van der Waals surface area contributed by atoms with Crippen LogP contribution in [0.4, 0.5) is 0 Å². The minimum absolute atomic E-state index is 0.154. The highest BCUT2D eigenvalue weighted by Gasteiger charge is 2.28. The minimum atomic E-state index is -1.10. The highest BCUT2D eigenvalue weighted by Crippen LogP contribution is 2.22. The maximum absolute atomic E-state index is 12.5. The zero-order valence-corrected chi connectivity index (χ0v) is 28.9. The molecule has 0 aromatic rings. The minimum Gasteiger partial charge on any atom is -0.481 e. The second-order valence-corrected chi connectivity index (χ2v) is 12.4. The van der Waals surface area contributed by atoms with Crippen molar-refractivity contribution in [1.29, 1.82) is 0 Å². The molecule has 0 aliphatic carbocycles. The highest BCUT2D eigenvalue weighted by atomic mass is 16.6. The van der Waals surface area contributed by atoms with Crippen molar-refractivity contribution < 1.29 is 48.4 Å². The molecule has 10 nitrogen and oxygen atoms in total. The molecule has 0 fully saturated rings. The predicted octanol–water partition coefficient (Wildman–Crippen LogP) is 8.70. The van der Waals surface area contributed by atoms with Gasteiger partial charge in [0.2, 0.25) is 0 Å². The van der Waals surface area contributed by atoms with E-state index in [-0.39, 0.29) is 31.7 Å². The Morgan fingerprint density at radius 3 is 1.22 bits per heavy atom. The Labute approximate surface area is 277 Å². The molecule has 0 radical (unpaired) electrons. The van der Waals surface area contributed by atoms with E-state index in [9.17, 15) is 24.0 Å². The maximum atomic E-state index is 12.5. The first-order valence-corrected chi connectivity index (χ1v) is 18.2. The van der Waals surface area contributed by atoms with E-state index in [4.69, 9.17) is 24.4 Å². The first kappa shape index (κ1) is 43.4. The second kappa shape index (κ2) is 31.0. The van der Waals surface area contributed by atoms with E-state index >= 15 is 0 Å². The number of carbonyl (C=O) groups is 5. The van der Waals surface area contributed by atoms with Gasteiger partial charge in [0.15, 0.2) is 0 Å². The van der Waals surface area contributed by atoms with Gasteiger partial charge in [0.25, 0.3) is 0 Å². The average Bonchev–Trinajstić information content (AvgIpc) is 3.02. The van der Waals surface area contributed by atoms with E-state index in [1.165, 1.54) is 38.5 Å². The molecule has 268 valence electrons. The molecular formula is C36H64O10. The summed E-state index contributed by atoms with van der Waals surface area (Å²) in [5.41, 5.74) is 0. The largest absolute Gasteiger partial charge is 0.481 e. The number of carboxylic acids is 2. The number of carboxylic acid groups (broad SMARTS) is 2. The van der Waals surface area contributed by atoms with Crippen LogP contribution in [0.15, 0.2) is 0 Å². The lowest BCUT2D eigenvalue weighted by Crippen LogP contribution is -2.35. The van der Waals surface area contributed by atoms with Crippen LogP contribution in [-0.4, -0.2) is 58.9 Å². The molecule has 0 saturated heterocycles. The monoisotopic (exact) mass is 656 g/mol. The molecule has 0 spiro atoms. The van der Waals surface area contributed by atoms with Gasteiger partial charge in [-0.25, -0.2) is 0 Å². The summed E-state index contributed by atoms with van der Waals surface area (Å²) in [4.78, 5) is 58.9. The summed E-state index contributed by atoms with van der Waals surface area (Å²) in [6.45, 7) is 4.84. The second-order valence-electron chi connectivity index (χ2n) is 12.4. The average molecular weight is 657 g/mol. The summed E-state index contributed by atoms with van der Waals surface area (Å²) in [5.74, 6) is -3.67. The lowest BCUT2D eigenvalue weighted by molar-refractivity contribution is -0.170. The third-order valence-corrected chi connectivity index (χ3v) is 8.04. The maximum Gasteiger partial charge on any atom is 0.306 e. The van der Waals surface area contributed by atoms with E-state index < -0.39 is 36.1 Å². The summed E-state index contributed by atoms with van der Waals surface area (Å²) >= 11 is 0. The fraction of sp³-hybridized carbons (Fsp3) is 0.861. The van der Waals surface area contributed by atoms with Crippen LogP contribution in [-0.2, 0) is 38.2 Å². The Bertz CT molecular complexity index is 813. The standard InChI is InChI=1S/C36H64O10/c1-3-5-7-9-11-12-17-21-29-44-34(41)24-20-16-13-15-19-23-31(46-36(43)28-26-33(39)40)30(22-18-14-10-8-6-4-2)45-35(42)27-25-32(37)38/h30-31H,3-29H2,1-2H3,(H,37,38)(H,39,40). The van der Waals surface area contributed by atoms with Gasteiger partial charge in [-0.05, 0) is 38.5 Å². The van der Waals surface area contributed by atoms with Crippen molar-refractivity contribution in [2.45, 2.75) is 193 Å². The van der Waals surface area contributed by atoms with Crippen LogP contribution in [0.25, 0.3) is 0 Å². The van der Waals surface area contributed by atoms with Crippen LogP contribution in [0.2, 0.25) is 0 Å². The van der Waals surface area contributed by atoms with E-state index in [2.05, 4.69) is 13.8 Å². The Hall–Kier alpha value is -2.65. The molecule has 0 aromatic carbocycles. The molecule has 0 aromatic heterocycles. The van der Waals surface area contributed by atoms with Gasteiger partial charge < -0.3 is 24.4 Å². The number of ether oxygens (including phenoxy) is 3. The lowest BCUT2D eigenvalue weighted by atomic mass is 9.99. The summed E-state index contributed by atoms with van der Waals surface area (Å²) in [6, 6.07) is 0. The third kappa shape index (κ3) is 28.8. The Balaban J connectivity index is 4.71. The van der Waals surface area contributed by atoms with Crippen molar-refractivity contribution in [2.75, 3.05) is 6.61 Å². The molecule has 0 saturated carbocycles. The normalized spacial score (nSPS) is 12.3. The van der Waals surface area contributed by atoms with Gasteiger partial charge in [-0.1, -0.05) is 110 Å². The summed E-state index contributed by atoms with van der Waals surface area (Å²) in [6.07, 6.45) is 18.3. The van der Waals surface area contributed by atoms with Crippen molar-refractivity contribution >= 4 is 29.8 Å². The number of rotatable bonds is 33. The first-order chi connectivity index (χ1) is 22.2. The van der Waals surface area contributed by atoms with E-state index in [0.29, 0.717) is 32.3 Å². The van der Waals surface area contributed by atoms with Gasteiger partial charge in [-0.3, -0.25) is 24.0 Å². The number of hydrogen-bond donors (Lipinski definition) is 2. The van der Waals surface area contributed by atoms with Crippen molar-refractivity contribution in [2.24, 2.45) is 0 Å². The summed E-state index contributed by atoms with van der Waals surface area (Å²) < 4.78 is 16.7. The SMILES string of the molecule is CCCCCCCCCCOC(=O)CCCCCCCC(OC(=O)CCC(=O)O)C(CCCCCCCC)OC(=O)CCC(=O)O. The molecule has 0 heterocycles. The molecule has 0 aliphatic rings. The van der Waals surface area contributed by atoms with Gasteiger partial charge >= 0.3 is 29.8 Å². The molecule has 2 N–H and O–H groups in total. The molecule has 0 aliphatic heterocycles. The third-order valence-electron chi connectivity index (χ3n) is 8.04. The van der Waals surface area contributed by atoms with E-state index in [1.54, 1.807) is 0 Å². The molecular weight excluding hydrogens is 592 g/mol. The zero-order chi connectivity index (χ0) is 34.3. The van der Waals surface area contributed by atoms with Crippen molar-refractivity contribution in [3.63, 3.8) is 0 Å². The molecule has 0 amide bonds. The van der Waals surface area contributed by atoms with Crippen LogP contribution < -0.4 is 0 Å².